The monoisotopic (exact) mass is 443 g/mol. The van der Waals surface area contributed by atoms with E-state index in [4.69, 9.17) is 19.4 Å². The Morgan fingerprint density at radius 3 is 2.64 bits per heavy atom. The van der Waals surface area contributed by atoms with Crippen LogP contribution in [0.3, 0.4) is 0 Å². The van der Waals surface area contributed by atoms with Gasteiger partial charge in [-0.3, -0.25) is 9.97 Å². The molecule has 1 saturated heterocycles. The molecule has 2 aliphatic carbocycles. The fraction of sp³-hybridized carbons (Fsp3) is 0.462. The zero-order chi connectivity index (χ0) is 22.3. The zero-order valence-corrected chi connectivity index (χ0v) is 19.0. The van der Waals surface area contributed by atoms with Crippen LogP contribution in [0.4, 0.5) is 5.95 Å². The van der Waals surface area contributed by atoms with Crippen LogP contribution >= 0.6 is 0 Å². The van der Waals surface area contributed by atoms with Gasteiger partial charge in [0.1, 0.15) is 0 Å². The summed E-state index contributed by atoms with van der Waals surface area (Å²) < 4.78 is 11.3. The maximum Gasteiger partial charge on any atom is 0.226 e. The van der Waals surface area contributed by atoms with Crippen LogP contribution in [-0.4, -0.2) is 46.3 Å². The number of hydrogen-bond acceptors (Lipinski definition) is 7. The van der Waals surface area contributed by atoms with E-state index in [1.54, 1.807) is 19.5 Å². The van der Waals surface area contributed by atoms with Crippen molar-refractivity contribution in [1.29, 1.82) is 0 Å². The van der Waals surface area contributed by atoms with Crippen molar-refractivity contribution >= 4 is 22.6 Å². The number of ether oxygens (including phenoxy) is 2. The minimum atomic E-state index is 0.402. The molecule has 1 aliphatic heterocycles. The molecule has 3 heterocycles. The number of nitrogens with zero attached hydrogens (tertiary/aromatic N) is 4. The highest BCUT2D eigenvalue weighted by Crippen LogP contribution is 2.43. The Kier molecular flexibility index (Phi) is 5.21. The summed E-state index contributed by atoms with van der Waals surface area (Å²) in [6, 6.07) is 6.62. The largest absolute Gasteiger partial charge is 0.480 e. The van der Waals surface area contributed by atoms with Crippen molar-refractivity contribution < 1.29 is 9.47 Å². The van der Waals surface area contributed by atoms with E-state index in [9.17, 15) is 0 Å². The third-order valence-corrected chi connectivity index (χ3v) is 7.36. The predicted octanol–water partition coefficient (Wildman–Crippen LogP) is 4.57. The minimum Gasteiger partial charge on any atom is -0.480 e. The van der Waals surface area contributed by atoms with Gasteiger partial charge in [0.25, 0.3) is 0 Å². The first kappa shape index (κ1) is 20.5. The Morgan fingerprint density at radius 1 is 1.06 bits per heavy atom. The number of aryl methyl sites for hydroxylation is 1. The molecule has 7 heteroatoms. The Bertz CT molecular complexity index is 1210. The fourth-order valence-electron chi connectivity index (χ4n) is 5.40. The number of fused-ring (bicyclic) bond motifs is 2. The molecule has 0 amide bonds. The number of rotatable bonds is 4. The molecule has 0 radical (unpaired) electrons. The summed E-state index contributed by atoms with van der Waals surface area (Å²) in [4.78, 5) is 18.7. The summed E-state index contributed by atoms with van der Waals surface area (Å²) in [5.74, 6) is 1.32. The summed E-state index contributed by atoms with van der Waals surface area (Å²) >= 11 is 0. The molecule has 170 valence electrons. The molecule has 7 nitrogen and oxygen atoms in total. The van der Waals surface area contributed by atoms with Crippen molar-refractivity contribution in [3.05, 3.63) is 53.5 Å². The van der Waals surface area contributed by atoms with Gasteiger partial charge in [-0.2, -0.15) is 4.98 Å². The van der Waals surface area contributed by atoms with Gasteiger partial charge in [-0.25, -0.2) is 4.98 Å². The molecule has 2 fully saturated rings. The third kappa shape index (κ3) is 3.84. The van der Waals surface area contributed by atoms with E-state index >= 15 is 0 Å². The highest BCUT2D eigenvalue weighted by molar-refractivity contribution is 5.88. The maximum absolute atomic E-state index is 5.82. The van der Waals surface area contributed by atoms with Crippen LogP contribution in [-0.2, 0) is 11.2 Å². The van der Waals surface area contributed by atoms with Gasteiger partial charge in [0, 0.05) is 23.9 Å². The quantitative estimate of drug-likeness (QED) is 0.633. The van der Waals surface area contributed by atoms with Crippen LogP contribution in [0.1, 0.15) is 55.3 Å². The summed E-state index contributed by atoms with van der Waals surface area (Å²) in [7, 11) is 1.70. The van der Waals surface area contributed by atoms with Crippen LogP contribution in [0.25, 0.3) is 16.6 Å². The number of hydrogen-bond donors (Lipinski definition) is 1. The Balaban J connectivity index is 1.32. The van der Waals surface area contributed by atoms with Crippen LogP contribution in [0.2, 0.25) is 0 Å². The number of aromatic nitrogens is 4. The maximum atomic E-state index is 5.82. The average Bonchev–Trinajstić information content (AvgIpc) is 3.05. The first-order valence-electron chi connectivity index (χ1n) is 11.9. The Morgan fingerprint density at radius 2 is 1.88 bits per heavy atom. The van der Waals surface area contributed by atoms with Gasteiger partial charge in [-0.1, -0.05) is 12.1 Å². The van der Waals surface area contributed by atoms with E-state index < -0.39 is 0 Å². The lowest BCUT2D eigenvalue weighted by molar-refractivity contribution is -0.131. The van der Waals surface area contributed by atoms with Crippen molar-refractivity contribution in [3.63, 3.8) is 0 Å². The van der Waals surface area contributed by atoms with Gasteiger partial charge in [0.05, 0.1) is 42.6 Å². The number of benzene rings is 1. The molecule has 1 spiro atoms. The van der Waals surface area contributed by atoms with Gasteiger partial charge in [-0.15, -0.1) is 0 Å². The first-order valence-corrected chi connectivity index (χ1v) is 11.9. The third-order valence-electron chi connectivity index (χ3n) is 7.36. The van der Waals surface area contributed by atoms with Crippen molar-refractivity contribution in [2.45, 2.75) is 51.0 Å². The second kappa shape index (κ2) is 8.37. The van der Waals surface area contributed by atoms with Crippen LogP contribution in [0.5, 0.6) is 5.88 Å². The van der Waals surface area contributed by atoms with Gasteiger partial charge in [-0.05, 0) is 68.2 Å². The number of allylic oxidation sites excluding steroid dienone is 1. The summed E-state index contributed by atoms with van der Waals surface area (Å²) in [5, 5.41) is 3.61. The van der Waals surface area contributed by atoms with Crippen LogP contribution in [0.15, 0.2) is 36.7 Å². The number of methoxy groups -OCH3 is 1. The second-order valence-electron chi connectivity index (χ2n) is 9.56. The highest BCUT2D eigenvalue weighted by Gasteiger charge is 2.41. The number of nitrogens with one attached hydrogen (secondary N) is 1. The van der Waals surface area contributed by atoms with E-state index in [1.807, 2.05) is 6.07 Å². The van der Waals surface area contributed by atoms with Crippen molar-refractivity contribution in [2.75, 3.05) is 25.6 Å². The number of anilines is 1. The smallest absolute Gasteiger partial charge is 0.226 e. The molecular formula is C26H29N5O2. The molecule has 1 aromatic carbocycles. The van der Waals surface area contributed by atoms with Crippen LogP contribution in [0, 0.1) is 5.41 Å². The SMILES string of the molecule is COc1nc(NC2CCC3(CC2)COC3)nc2c1C(c1ccc3nccnc3c1)=CCCC2. The first-order chi connectivity index (χ1) is 16.2. The minimum absolute atomic E-state index is 0.402. The lowest BCUT2D eigenvalue weighted by atomic mass is 9.71. The molecule has 33 heavy (non-hydrogen) atoms. The van der Waals surface area contributed by atoms with Gasteiger partial charge in [0.15, 0.2) is 0 Å². The highest BCUT2D eigenvalue weighted by atomic mass is 16.5. The van der Waals surface area contributed by atoms with Gasteiger partial charge < -0.3 is 14.8 Å². The topological polar surface area (TPSA) is 82.0 Å². The van der Waals surface area contributed by atoms with Crippen molar-refractivity contribution in [1.82, 2.24) is 19.9 Å². The molecule has 0 unspecified atom stereocenters. The summed E-state index contributed by atoms with van der Waals surface area (Å²) in [6.07, 6.45) is 13.4. The molecule has 3 aromatic rings. The summed E-state index contributed by atoms with van der Waals surface area (Å²) in [6.45, 7) is 1.86. The molecule has 6 rings (SSSR count). The second-order valence-corrected chi connectivity index (χ2v) is 9.56. The van der Waals surface area contributed by atoms with Crippen molar-refractivity contribution in [2.24, 2.45) is 5.41 Å². The normalized spacial score (nSPS) is 20.0. The van der Waals surface area contributed by atoms with Gasteiger partial charge >= 0.3 is 0 Å². The fourth-order valence-corrected chi connectivity index (χ4v) is 5.40. The lowest BCUT2D eigenvalue weighted by Gasteiger charge is -2.46. The average molecular weight is 444 g/mol. The molecule has 3 aliphatic rings. The molecule has 1 saturated carbocycles. The molecule has 0 bridgehead atoms. The standard InChI is InChI=1S/C26H29N5O2/c1-32-24-23-19(17-6-7-20-22(14-17)28-13-12-27-20)4-2-3-5-21(23)30-25(31-24)29-18-8-10-26(11-9-18)15-33-16-26/h4,6-7,12-14,18H,2-3,5,8-11,15-16H2,1H3,(H,29,30,31). The van der Waals surface area contributed by atoms with E-state index in [2.05, 4.69) is 33.5 Å². The molecular weight excluding hydrogens is 414 g/mol. The lowest BCUT2D eigenvalue weighted by Crippen LogP contribution is -2.47. The van der Waals surface area contributed by atoms with E-state index in [0.717, 1.165) is 78.7 Å². The van der Waals surface area contributed by atoms with E-state index in [-0.39, 0.29) is 0 Å². The van der Waals surface area contributed by atoms with E-state index in [1.165, 1.54) is 12.8 Å². The zero-order valence-electron chi connectivity index (χ0n) is 19.0. The molecule has 2 aromatic heterocycles. The van der Waals surface area contributed by atoms with Crippen molar-refractivity contribution in [3.8, 4) is 5.88 Å². The molecule has 1 N–H and O–H groups in total. The van der Waals surface area contributed by atoms with Gasteiger partial charge in [0.2, 0.25) is 11.8 Å². The Hall–Kier alpha value is -3.06. The summed E-state index contributed by atoms with van der Waals surface area (Å²) in [5.41, 5.74) is 6.46. The predicted molar refractivity (Wildman–Crippen MR) is 127 cm³/mol. The Labute approximate surface area is 193 Å². The molecule has 0 atom stereocenters. The van der Waals surface area contributed by atoms with E-state index in [0.29, 0.717) is 23.3 Å². The van der Waals surface area contributed by atoms with Crippen LogP contribution < -0.4 is 10.1 Å².